The van der Waals surface area contributed by atoms with Crippen LogP contribution < -0.4 is 10.6 Å². The minimum Gasteiger partial charge on any atom is -0.347 e. The summed E-state index contributed by atoms with van der Waals surface area (Å²) in [6.45, 7) is -0.0618. The number of amides is 2. The van der Waals surface area contributed by atoms with Crippen LogP contribution in [0.4, 0.5) is 18.9 Å². The van der Waals surface area contributed by atoms with Gasteiger partial charge in [-0.1, -0.05) is 12.1 Å². The third kappa shape index (κ3) is 4.25. The Morgan fingerprint density at radius 1 is 1.00 bits per heavy atom. The molecule has 1 aromatic heterocycles. The van der Waals surface area contributed by atoms with Crippen LogP contribution >= 0.6 is 0 Å². The number of imidazole rings is 1. The van der Waals surface area contributed by atoms with Crippen molar-refractivity contribution in [1.29, 1.82) is 0 Å². The largest absolute Gasteiger partial charge is 0.347 e. The molecule has 0 radical (unpaired) electrons. The molecule has 0 aliphatic rings. The van der Waals surface area contributed by atoms with Crippen LogP contribution in [-0.2, 0) is 16.1 Å². The van der Waals surface area contributed by atoms with E-state index in [1.165, 1.54) is 0 Å². The minimum atomic E-state index is -1.68. The average Bonchev–Trinajstić information content (AvgIpc) is 3.08. The fraction of sp³-hybridized carbons (Fsp3) is 0.167. The molecular weight excluding hydrogens is 361 g/mol. The molecule has 0 saturated heterocycles. The first-order valence-electron chi connectivity index (χ1n) is 8.05. The number of rotatable bonds is 6. The summed E-state index contributed by atoms with van der Waals surface area (Å²) >= 11 is 0. The smallest absolute Gasteiger partial charge is 0.243 e. The number of aryl methyl sites for hydroxylation is 1. The zero-order chi connectivity index (χ0) is 19.4. The summed E-state index contributed by atoms with van der Waals surface area (Å²) in [5.74, 6) is -5.69. The first-order valence-corrected chi connectivity index (χ1v) is 8.05. The normalized spacial score (nSPS) is 10.8. The van der Waals surface area contributed by atoms with Crippen LogP contribution in [0.3, 0.4) is 0 Å². The molecule has 6 nitrogen and oxygen atoms in total. The highest BCUT2D eigenvalue weighted by Crippen LogP contribution is 2.19. The van der Waals surface area contributed by atoms with Crippen molar-refractivity contribution in [2.24, 2.45) is 0 Å². The molecule has 3 rings (SSSR count). The van der Waals surface area contributed by atoms with E-state index in [0.717, 1.165) is 17.1 Å². The van der Waals surface area contributed by atoms with E-state index in [9.17, 15) is 22.8 Å². The Kier molecular flexibility index (Phi) is 5.39. The summed E-state index contributed by atoms with van der Waals surface area (Å²) in [5, 5.41) is 4.46. The maximum Gasteiger partial charge on any atom is 0.243 e. The molecule has 0 fully saturated rings. The third-order valence-corrected chi connectivity index (χ3v) is 3.86. The zero-order valence-electron chi connectivity index (χ0n) is 14.0. The number of halogens is 3. The number of nitrogens with zero attached hydrogens (tertiary/aromatic N) is 2. The van der Waals surface area contributed by atoms with E-state index in [1.54, 1.807) is 6.33 Å². The number of para-hydroxylation sites is 2. The third-order valence-electron chi connectivity index (χ3n) is 3.86. The van der Waals surface area contributed by atoms with E-state index in [4.69, 9.17) is 0 Å². The van der Waals surface area contributed by atoms with Gasteiger partial charge in [0.05, 0.1) is 29.6 Å². The van der Waals surface area contributed by atoms with Gasteiger partial charge < -0.3 is 15.2 Å². The van der Waals surface area contributed by atoms with Gasteiger partial charge in [0.1, 0.15) is 0 Å². The van der Waals surface area contributed by atoms with Crippen LogP contribution in [0.1, 0.15) is 6.42 Å². The predicted octanol–water partition coefficient (Wildman–Crippen LogP) is 2.60. The molecule has 0 spiro atoms. The number of carbonyl (C=O) groups is 2. The van der Waals surface area contributed by atoms with E-state index < -0.39 is 41.5 Å². The fourth-order valence-electron chi connectivity index (χ4n) is 2.49. The molecule has 0 unspecified atom stereocenters. The van der Waals surface area contributed by atoms with E-state index in [-0.39, 0.29) is 6.42 Å². The van der Waals surface area contributed by atoms with Crippen molar-refractivity contribution in [2.45, 2.75) is 13.0 Å². The molecule has 0 aliphatic carbocycles. The van der Waals surface area contributed by atoms with Gasteiger partial charge in [-0.3, -0.25) is 9.59 Å². The van der Waals surface area contributed by atoms with Crippen LogP contribution in [0.25, 0.3) is 11.0 Å². The van der Waals surface area contributed by atoms with Crippen LogP contribution in [0.2, 0.25) is 0 Å². The van der Waals surface area contributed by atoms with Crippen molar-refractivity contribution < 1.29 is 22.8 Å². The summed E-state index contributed by atoms with van der Waals surface area (Å²) in [6.07, 6.45) is 1.73. The molecule has 1 heterocycles. The average molecular weight is 376 g/mol. The predicted molar refractivity (Wildman–Crippen MR) is 92.3 cm³/mol. The first kappa shape index (κ1) is 18.4. The number of nitrogens with one attached hydrogen (secondary N) is 2. The van der Waals surface area contributed by atoms with Crippen molar-refractivity contribution in [3.8, 4) is 0 Å². The number of hydrogen-bond acceptors (Lipinski definition) is 3. The van der Waals surface area contributed by atoms with Crippen molar-refractivity contribution in [3.63, 3.8) is 0 Å². The molecule has 3 aromatic rings. The molecule has 2 N–H and O–H groups in total. The number of hydrogen-bond donors (Lipinski definition) is 2. The Morgan fingerprint density at radius 2 is 1.78 bits per heavy atom. The van der Waals surface area contributed by atoms with Crippen molar-refractivity contribution in [3.05, 3.63) is 60.2 Å². The SMILES string of the molecule is O=C(CCn1cnc2ccccc21)NCC(=O)Nc1ccc(F)c(F)c1F. The van der Waals surface area contributed by atoms with Crippen molar-refractivity contribution >= 4 is 28.5 Å². The topological polar surface area (TPSA) is 76.0 Å². The molecule has 0 atom stereocenters. The highest BCUT2D eigenvalue weighted by molar-refractivity contribution is 5.94. The highest BCUT2D eigenvalue weighted by Gasteiger charge is 2.15. The molecule has 140 valence electrons. The number of fused-ring (bicyclic) bond motifs is 1. The Bertz CT molecular complexity index is 1000. The number of carbonyl (C=O) groups excluding carboxylic acids is 2. The molecule has 2 amide bonds. The lowest BCUT2D eigenvalue weighted by Gasteiger charge is -2.09. The van der Waals surface area contributed by atoms with Gasteiger partial charge in [0.25, 0.3) is 0 Å². The second-order valence-corrected chi connectivity index (χ2v) is 5.72. The maximum atomic E-state index is 13.5. The number of aromatic nitrogens is 2. The number of benzene rings is 2. The van der Waals surface area contributed by atoms with E-state index in [2.05, 4.69) is 15.6 Å². The summed E-state index contributed by atoms with van der Waals surface area (Å²) in [6, 6.07) is 9.06. The zero-order valence-corrected chi connectivity index (χ0v) is 14.0. The second-order valence-electron chi connectivity index (χ2n) is 5.72. The van der Waals surface area contributed by atoms with Crippen LogP contribution in [-0.4, -0.2) is 27.9 Å². The Balaban J connectivity index is 1.49. The van der Waals surface area contributed by atoms with Crippen LogP contribution in [0.15, 0.2) is 42.7 Å². The van der Waals surface area contributed by atoms with Crippen LogP contribution in [0.5, 0.6) is 0 Å². The summed E-state index contributed by atoms with van der Waals surface area (Å²) < 4.78 is 41.3. The van der Waals surface area contributed by atoms with E-state index >= 15 is 0 Å². The van der Waals surface area contributed by atoms with Gasteiger partial charge in [-0.25, -0.2) is 18.2 Å². The molecule has 0 aliphatic heterocycles. The Morgan fingerprint density at radius 3 is 2.59 bits per heavy atom. The van der Waals surface area contributed by atoms with Gasteiger partial charge >= 0.3 is 0 Å². The maximum absolute atomic E-state index is 13.5. The lowest BCUT2D eigenvalue weighted by atomic mass is 10.2. The Hall–Kier alpha value is -3.36. The summed E-state index contributed by atoms with van der Waals surface area (Å²) in [4.78, 5) is 27.9. The molecular formula is C18H15F3N4O2. The minimum absolute atomic E-state index is 0.104. The van der Waals surface area contributed by atoms with Gasteiger partial charge in [-0.15, -0.1) is 0 Å². The van der Waals surface area contributed by atoms with Gasteiger partial charge in [0.2, 0.25) is 11.8 Å². The molecule has 2 aromatic carbocycles. The molecule has 0 bridgehead atoms. The van der Waals surface area contributed by atoms with Crippen molar-refractivity contribution in [1.82, 2.24) is 14.9 Å². The van der Waals surface area contributed by atoms with Crippen LogP contribution in [0, 0.1) is 17.5 Å². The van der Waals surface area contributed by atoms with Crippen molar-refractivity contribution in [2.75, 3.05) is 11.9 Å². The van der Waals surface area contributed by atoms with E-state index in [0.29, 0.717) is 12.6 Å². The quantitative estimate of drug-likeness (QED) is 0.650. The first-order chi connectivity index (χ1) is 13.0. The summed E-state index contributed by atoms with van der Waals surface area (Å²) in [7, 11) is 0. The highest BCUT2D eigenvalue weighted by atomic mass is 19.2. The standard InChI is InChI=1S/C18H15F3N4O2/c19-11-5-6-13(18(21)17(11)20)24-16(27)9-22-15(26)7-8-25-10-23-12-3-1-2-4-14(12)25/h1-6,10H,7-9H2,(H,22,26)(H,24,27). The summed E-state index contributed by atoms with van der Waals surface area (Å²) in [5.41, 5.74) is 1.20. The van der Waals surface area contributed by atoms with Gasteiger partial charge in [-0.05, 0) is 24.3 Å². The molecule has 9 heteroatoms. The molecule has 27 heavy (non-hydrogen) atoms. The van der Waals surface area contributed by atoms with Gasteiger partial charge in [-0.2, -0.15) is 0 Å². The van der Waals surface area contributed by atoms with Gasteiger partial charge in [0.15, 0.2) is 17.5 Å². The fourth-order valence-corrected chi connectivity index (χ4v) is 2.49. The second kappa shape index (κ2) is 7.90. The lowest BCUT2D eigenvalue weighted by molar-refractivity contribution is -0.124. The van der Waals surface area contributed by atoms with Gasteiger partial charge in [0, 0.05) is 13.0 Å². The Labute approximate surface area is 152 Å². The number of anilines is 1. The monoisotopic (exact) mass is 376 g/mol. The lowest BCUT2D eigenvalue weighted by Crippen LogP contribution is -2.33. The molecule has 0 saturated carbocycles. The van der Waals surface area contributed by atoms with E-state index in [1.807, 2.05) is 28.8 Å².